The third-order valence-corrected chi connectivity index (χ3v) is 6.22. The number of hydrogen-bond acceptors (Lipinski definition) is 4. The van der Waals surface area contributed by atoms with E-state index in [0.29, 0.717) is 50.4 Å². The highest BCUT2D eigenvalue weighted by atomic mass is 32.2. The Bertz CT molecular complexity index is 638. The van der Waals surface area contributed by atoms with Gasteiger partial charge in [-0.2, -0.15) is 4.31 Å². The molecule has 25 heavy (non-hydrogen) atoms. The minimum atomic E-state index is -3.42. The Morgan fingerprint density at radius 3 is 2.48 bits per heavy atom. The van der Waals surface area contributed by atoms with Gasteiger partial charge >= 0.3 is 0 Å². The summed E-state index contributed by atoms with van der Waals surface area (Å²) in [5.74, 6) is 0.241. The molecule has 0 unspecified atom stereocenters. The summed E-state index contributed by atoms with van der Waals surface area (Å²) in [5, 5.41) is 2.86. The summed E-state index contributed by atoms with van der Waals surface area (Å²) >= 11 is 0. The summed E-state index contributed by atoms with van der Waals surface area (Å²) in [6.45, 7) is 5.87. The maximum Gasteiger partial charge on any atom is 0.243 e. The number of rotatable bonds is 8. The van der Waals surface area contributed by atoms with Crippen LogP contribution in [0, 0.1) is 5.92 Å². The Morgan fingerprint density at radius 2 is 1.88 bits per heavy atom. The molecule has 0 aliphatic carbocycles. The number of ether oxygens (including phenoxy) is 1. The van der Waals surface area contributed by atoms with E-state index in [1.165, 1.54) is 4.31 Å². The molecular formula is C18H28N2O4S. The van der Waals surface area contributed by atoms with Gasteiger partial charge in [-0.15, -0.1) is 0 Å². The van der Waals surface area contributed by atoms with Gasteiger partial charge in [0, 0.05) is 26.1 Å². The van der Waals surface area contributed by atoms with Crippen molar-refractivity contribution in [1.29, 1.82) is 0 Å². The number of piperidine rings is 1. The van der Waals surface area contributed by atoms with Crippen LogP contribution in [0.15, 0.2) is 35.2 Å². The molecule has 1 fully saturated rings. The van der Waals surface area contributed by atoms with Crippen LogP contribution in [-0.4, -0.2) is 51.0 Å². The molecule has 0 radical (unpaired) electrons. The normalized spacial score (nSPS) is 16.9. The van der Waals surface area contributed by atoms with Gasteiger partial charge in [0.2, 0.25) is 15.9 Å². The second-order valence-electron chi connectivity index (χ2n) is 6.63. The number of carbonyl (C=O) groups is 1. The number of amides is 1. The predicted molar refractivity (Wildman–Crippen MR) is 96.6 cm³/mol. The lowest BCUT2D eigenvalue weighted by molar-refractivity contribution is -0.122. The van der Waals surface area contributed by atoms with E-state index in [1.807, 2.05) is 13.8 Å². The summed E-state index contributed by atoms with van der Waals surface area (Å²) in [4.78, 5) is 12.3. The van der Waals surface area contributed by atoms with Crippen molar-refractivity contribution >= 4 is 15.9 Å². The van der Waals surface area contributed by atoms with Gasteiger partial charge in [0.1, 0.15) is 0 Å². The monoisotopic (exact) mass is 368 g/mol. The van der Waals surface area contributed by atoms with Crippen LogP contribution in [0.5, 0.6) is 0 Å². The van der Waals surface area contributed by atoms with Crippen LogP contribution >= 0.6 is 0 Å². The lowest BCUT2D eigenvalue weighted by atomic mass is 9.94. The van der Waals surface area contributed by atoms with Gasteiger partial charge < -0.3 is 10.1 Å². The lowest BCUT2D eigenvalue weighted by Gasteiger charge is -2.31. The molecule has 0 bridgehead atoms. The van der Waals surface area contributed by atoms with Crippen molar-refractivity contribution in [1.82, 2.24) is 9.62 Å². The van der Waals surface area contributed by atoms with Crippen LogP contribution in [-0.2, 0) is 19.6 Å². The molecule has 7 heteroatoms. The second-order valence-corrected chi connectivity index (χ2v) is 8.57. The molecule has 2 rings (SSSR count). The molecule has 0 atom stereocenters. The lowest BCUT2D eigenvalue weighted by Crippen LogP contribution is -2.39. The molecular weight excluding hydrogens is 340 g/mol. The van der Waals surface area contributed by atoms with Gasteiger partial charge in [0.25, 0.3) is 0 Å². The largest absolute Gasteiger partial charge is 0.377 e. The minimum Gasteiger partial charge on any atom is -0.377 e. The van der Waals surface area contributed by atoms with E-state index in [4.69, 9.17) is 4.74 Å². The van der Waals surface area contributed by atoms with Crippen molar-refractivity contribution in [3.05, 3.63) is 30.3 Å². The minimum absolute atomic E-state index is 0.0109. The van der Waals surface area contributed by atoms with Crippen LogP contribution in [0.1, 0.15) is 33.1 Å². The van der Waals surface area contributed by atoms with Crippen LogP contribution in [0.25, 0.3) is 0 Å². The third kappa shape index (κ3) is 6.09. The molecule has 1 aliphatic rings. The fourth-order valence-electron chi connectivity index (χ4n) is 2.91. The molecule has 6 nitrogen and oxygen atoms in total. The van der Waals surface area contributed by atoms with E-state index < -0.39 is 10.0 Å². The van der Waals surface area contributed by atoms with E-state index in [9.17, 15) is 13.2 Å². The van der Waals surface area contributed by atoms with Crippen LogP contribution in [0.4, 0.5) is 0 Å². The average molecular weight is 368 g/mol. The molecule has 0 aromatic heterocycles. The number of nitrogens with one attached hydrogen (secondary N) is 1. The number of hydrogen-bond donors (Lipinski definition) is 1. The van der Waals surface area contributed by atoms with Crippen molar-refractivity contribution in [2.45, 2.75) is 44.1 Å². The fourth-order valence-corrected chi connectivity index (χ4v) is 4.41. The van der Waals surface area contributed by atoms with Gasteiger partial charge in [-0.1, -0.05) is 18.2 Å². The van der Waals surface area contributed by atoms with Crippen molar-refractivity contribution in [2.75, 3.05) is 26.2 Å². The molecule has 1 N–H and O–H groups in total. The first-order valence-corrected chi connectivity index (χ1v) is 10.3. The van der Waals surface area contributed by atoms with Crippen molar-refractivity contribution < 1.29 is 17.9 Å². The molecule has 0 saturated carbocycles. The van der Waals surface area contributed by atoms with E-state index in [0.717, 1.165) is 0 Å². The standard InChI is InChI=1S/C18H28N2O4S/c1-15(2)24-13-10-19-18(21)14-16-8-11-20(12-9-16)25(22,23)17-6-4-3-5-7-17/h3-7,15-16H,8-14H2,1-2H3,(H,19,21). The van der Waals surface area contributed by atoms with Crippen LogP contribution < -0.4 is 5.32 Å². The topological polar surface area (TPSA) is 75.7 Å². The first-order valence-electron chi connectivity index (χ1n) is 8.83. The molecule has 1 aromatic rings. The zero-order valence-corrected chi connectivity index (χ0v) is 15.8. The highest BCUT2D eigenvalue weighted by molar-refractivity contribution is 7.89. The number of carbonyl (C=O) groups excluding carboxylic acids is 1. The second kappa shape index (κ2) is 9.31. The molecule has 1 aromatic carbocycles. The van der Waals surface area contributed by atoms with Crippen LogP contribution in [0.2, 0.25) is 0 Å². The van der Waals surface area contributed by atoms with E-state index >= 15 is 0 Å². The zero-order chi connectivity index (χ0) is 18.3. The molecule has 140 valence electrons. The first-order chi connectivity index (χ1) is 11.9. The number of nitrogens with zero attached hydrogens (tertiary/aromatic N) is 1. The zero-order valence-electron chi connectivity index (χ0n) is 15.0. The Balaban J connectivity index is 1.75. The molecule has 1 heterocycles. The van der Waals surface area contributed by atoms with E-state index in [1.54, 1.807) is 30.3 Å². The van der Waals surface area contributed by atoms with E-state index in [-0.39, 0.29) is 17.9 Å². The average Bonchev–Trinajstić information content (AvgIpc) is 2.60. The molecule has 1 saturated heterocycles. The molecule has 1 aliphatic heterocycles. The Hall–Kier alpha value is -1.44. The summed E-state index contributed by atoms with van der Waals surface area (Å²) in [7, 11) is -3.42. The summed E-state index contributed by atoms with van der Waals surface area (Å²) in [5.41, 5.74) is 0. The van der Waals surface area contributed by atoms with Crippen LogP contribution in [0.3, 0.4) is 0 Å². The summed E-state index contributed by atoms with van der Waals surface area (Å²) < 4.78 is 32.1. The summed E-state index contributed by atoms with van der Waals surface area (Å²) in [6, 6.07) is 8.50. The number of sulfonamides is 1. The Kier molecular flexibility index (Phi) is 7.40. The maximum atomic E-state index is 12.6. The Labute approximate surface area is 150 Å². The van der Waals surface area contributed by atoms with E-state index in [2.05, 4.69) is 5.32 Å². The highest BCUT2D eigenvalue weighted by Crippen LogP contribution is 2.25. The fraction of sp³-hybridized carbons (Fsp3) is 0.611. The van der Waals surface area contributed by atoms with Gasteiger partial charge in [-0.05, 0) is 44.7 Å². The van der Waals surface area contributed by atoms with Gasteiger partial charge in [-0.25, -0.2) is 8.42 Å². The van der Waals surface area contributed by atoms with Gasteiger partial charge in [-0.3, -0.25) is 4.79 Å². The predicted octanol–water partition coefficient (Wildman–Crippen LogP) is 2.02. The maximum absolute atomic E-state index is 12.6. The third-order valence-electron chi connectivity index (χ3n) is 4.30. The van der Waals surface area contributed by atoms with Gasteiger partial charge in [0.05, 0.1) is 17.6 Å². The smallest absolute Gasteiger partial charge is 0.243 e. The van der Waals surface area contributed by atoms with Crippen molar-refractivity contribution in [3.8, 4) is 0 Å². The SMILES string of the molecule is CC(C)OCCNC(=O)CC1CCN(S(=O)(=O)c2ccccc2)CC1. The Morgan fingerprint density at radius 1 is 1.24 bits per heavy atom. The van der Waals surface area contributed by atoms with Gasteiger partial charge in [0.15, 0.2) is 0 Å². The van der Waals surface area contributed by atoms with Crippen molar-refractivity contribution in [3.63, 3.8) is 0 Å². The first kappa shape index (κ1) is 19.9. The number of benzene rings is 1. The van der Waals surface area contributed by atoms with Crippen molar-refractivity contribution in [2.24, 2.45) is 5.92 Å². The highest BCUT2D eigenvalue weighted by Gasteiger charge is 2.29. The molecule has 1 amide bonds. The molecule has 0 spiro atoms. The summed E-state index contributed by atoms with van der Waals surface area (Å²) in [6.07, 6.45) is 2.03. The quantitative estimate of drug-likeness (QED) is 0.712.